The van der Waals surface area contributed by atoms with Crippen LogP contribution in [-0.4, -0.2) is 48.3 Å². The first kappa shape index (κ1) is 15.3. The van der Waals surface area contributed by atoms with Crippen molar-refractivity contribution in [3.63, 3.8) is 0 Å². The van der Waals surface area contributed by atoms with Gasteiger partial charge >= 0.3 is 11.8 Å². The molecule has 1 aliphatic heterocycles. The van der Waals surface area contributed by atoms with Crippen molar-refractivity contribution in [3.05, 3.63) is 35.5 Å². The number of hydrogen-bond acceptors (Lipinski definition) is 6. The second-order valence-corrected chi connectivity index (χ2v) is 5.37. The highest BCUT2D eigenvalue weighted by atomic mass is 16.5. The van der Waals surface area contributed by atoms with Gasteiger partial charge < -0.3 is 18.8 Å². The van der Waals surface area contributed by atoms with Crippen molar-refractivity contribution in [3.8, 4) is 11.5 Å². The highest BCUT2D eigenvalue weighted by Crippen LogP contribution is 2.28. The van der Waals surface area contributed by atoms with E-state index < -0.39 is 0 Å². The largest absolute Gasteiger partial charge is 0.493 e. The third kappa shape index (κ3) is 3.28. The Morgan fingerprint density at radius 3 is 2.61 bits per heavy atom. The van der Waals surface area contributed by atoms with Gasteiger partial charge in [-0.3, -0.25) is 4.79 Å². The monoisotopic (exact) mass is 317 g/mol. The lowest BCUT2D eigenvalue weighted by Gasteiger charge is -2.11. The van der Waals surface area contributed by atoms with Crippen molar-refractivity contribution in [2.24, 2.45) is 0 Å². The number of amides is 1. The number of benzene rings is 1. The van der Waals surface area contributed by atoms with E-state index in [1.54, 1.807) is 19.1 Å². The fourth-order valence-corrected chi connectivity index (χ4v) is 2.63. The molecule has 1 fully saturated rings. The molecule has 0 spiro atoms. The van der Waals surface area contributed by atoms with Gasteiger partial charge in [0.1, 0.15) is 0 Å². The van der Waals surface area contributed by atoms with Crippen LogP contribution in [0.25, 0.3) is 0 Å². The van der Waals surface area contributed by atoms with Crippen molar-refractivity contribution in [2.75, 3.05) is 27.3 Å². The summed E-state index contributed by atoms with van der Waals surface area (Å²) in [6.45, 7) is 1.51. The topological polar surface area (TPSA) is 77.7 Å². The maximum absolute atomic E-state index is 12.2. The van der Waals surface area contributed by atoms with Crippen LogP contribution < -0.4 is 9.47 Å². The zero-order valence-electron chi connectivity index (χ0n) is 13.2. The van der Waals surface area contributed by atoms with Gasteiger partial charge in [-0.25, -0.2) is 0 Å². The molecule has 2 heterocycles. The number of carbonyl (C=O) groups is 1. The maximum atomic E-state index is 12.2. The van der Waals surface area contributed by atoms with Crippen LogP contribution in [0.4, 0.5) is 0 Å². The fraction of sp³-hybridized carbons (Fsp3) is 0.438. The Balaban J connectivity index is 1.72. The van der Waals surface area contributed by atoms with Crippen LogP contribution in [0.5, 0.6) is 11.5 Å². The van der Waals surface area contributed by atoms with E-state index in [0.29, 0.717) is 23.8 Å². The first-order chi connectivity index (χ1) is 11.2. The average Bonchev–Trinajstić information content (AvgIpc) is 3.26. The number of carbonyl (C=O) groups excluding carboxylic acids is 1. The summed E-state index contributed by atoms with van der Waals surface area (Å²) in [6, 6.07) is 5.57. The van der Waals surface area contributed by atoms with E-state index in [0.717, 1.165) is 31.5 Å². The second-order valence-electron chi connectivity index (χ2n) is 5.37. The Kier molecular flexibility index (Phi) is 4.45. The summed E-state index contributed by atoms with van der Waals surface area (Å²) in [7, 11) is 3.17. The molecular formula is C16H19N3O4. The zero-order chi connectivity index (χ0) is 16.2. The first-order valence-electron chi connectivity index (χ1n) is 7.54. The molecule has 0 atom stereocenters. The first-order valence-corrected chi connectivity index (χ1v) is 7.54. The lowest BCUT2D eigenvalue weighted by Crippen LogP contribution is -2.27. The third-order valence-corrected chi connectivity index (χ3v) is 3.85. The van der Waals surface area contributed by atoms with Gasteiger partial charge in [0.2, 0.25) is 5.89 Å². The number of aromatic nitrogens is 2. The van der Waals surface area contributed by atoms with Crippen LogP contribution in [0.3, 0.4) is 0 Å². The fourth-order valence-electron chi connectivity index (χ4n) is 2.63. The molecule has 1 aromatic heterocycles. The Labute approximate surface area is 134 Å². The summed E-state index contributed by atoms with van der Waals surface area (Å²) in [5.41, 5.74) is 0.937. The Bertz CT molecular complexity index is 692. The molecule has 0 N–H and O–H groups in total. The van der Waals surface area contributed by atoms with Gasteiger partial charge in [-0.05, 0) is 30.5 Å². The predicted molar refractivity (Wildman–Crippen MR) is 81.8 cm³/mol. The smallest absolute Gasteiger partial charge is 0.311 e. The molecule has 7 heteroatoms. The molecule has 2 aromatic rings. The SMILES string of the molecule is COc1ccc(Cc2nnc(C(=O)N3CCCC3)o2)cc1OC. The van der Waals surface area contributed by atoms with Crippen LogP contribution in [0.15, 0.2) is 22.6 Å². The molecule has 23 heavy (non-hydrogen) atoms. The highest BCUT2D eigenvalue weighted by Gasteiger charge is 2.24. The van der Waals surface area contributed by atoms with Gasteiger partial charge in [-0.15, -0.1) is 10.2 Å². The highest BCUT2D eigenvalue weighted by molar-refractivity contribution is 5.89. The Hall–Kier alpha value is -2.57. The molecule has 122 valence electrons. The van der Waals surface area contributed by atoms with E-state index >= 15 is 0 Å². The molecule has 3 rings (SSSR count). The van der Waals surface area contributed by atoms with Crippen LogP contribution >= 0.6 is 0 Å². The average molecular weight is 317 g/mol. The van der Waals surface area contributed by atoms with E-state index in [-0.39, 0.29) is 11.8 Å². The minimum Gasteiger partial charge on any atom is -0.493 e. The molecule has 1 aromatic carbocycles. The molecular weight excluding hydrogens is 298 g/mol. The number of rotatable bonds is 5. The summed E-state index contributed by atoms with van der Waals surface area (Å²) < 4.78 is 16.0. The Morgan fingerprint density at radius 2 is 1.91 bits per heavy atom. The maximum Gasteiger partial charge on any atom is 0.311 e. The molecule has 1 amide bonds. The van der Waals surface area contributed by atoms with Crippen molar-refractivity contribution in [1.82, 2.24) is 15.1 Å². The molecule has 1 saturated heterocycles. The summed E-state index contributed by atoms with van der Waals surface area (Å²) in [6.07, 6.45) is 2.48. The molecule has 0 unspecified atom stereocenters. The normalized spacial score (nSPS) is 14.1. The van der Waals surface area contributed by atoms with Crippen molar-refractivity contribution >= 4 is 5.91 Å². The van der Waals surface area contributed by atoms with E-state index in [1.165, 1.54) is 0 Å². The molecule has 0 bridgehead atoms. The van der Waals surface area contributed by atoms with Crippen LogP contribution in [0.1, 0.15) is 35.0 Å². The molecule has 0 saturated carbocycles. The minimum atomic E-state index is -0.187. The minimum absolute atomic E-state index is 0.0578. The number of hydrogen-bond donors (Lipinski definition) is 0. The number of ether oxygens (including phenoxy) is 2. The lowest BCUT2D eigenvalue weighted by molar-refractivity contribution is 0.0751. The molecule has 7 nitrogen and oxygen atoms in total. The Morgan fingerprint density at radius 1 is 1.17 bits per heavy atom. The molecule has 0 radical (unpaired) electrons. The number of nitrogens with zero attached hydrogens (tertiary/aromatic N) is 3. The van der Waals surface area contributed by atoms with Crippen molar-refractivity contribution < 1.29 is 18.7 Å². The summed E-state index contributed by atoms with van der Waals surface area (Å²) in [5, 5.41) is 7.84. The van der Waals surface area contributed by atoms with Crippen molar-refractivity contribution in [1.29, 1.82) is 0 Å². The van der Waals surface area contributed by atoms with Crippen molar-refractivity contribution in [2.45, 2.75) is 19.3 Å². The van der Waals surface area contributed by atoms with Gasteiger partial charge in [0.15, 0.2) is 11.5 Å². The van der Waals surface area contributed by atoms with Gasteiger partial charge in [0, 0.05) is 13.1 Å². The van der Waals surface area contributed by atoms with Gasteiger partial charge in [0.25, 0.3) is 0 Å². The van der Waals surface area contributed by atoms with Gasteiger partial charge in [0.05, 0.1) is 20.6 Å². The number of likely N-dealkylation sites (tertiary alicyclic amines) is 1. The summed E-state index contributed by atoms with van der Waals surface area (Å²) in [5.74, 6) is 1.57. The lowest BCUT2D eigenvalue weighted by atomic mass is 10.1. The van der Waals surface area contributed by atoms with Gasteiger partial charge in [-0.2, -0.15) is 0 Å². The van der Waals surface area contributed by atoms with Crippen LogP contribution in [-0.2, 0) is 6.42 Å². The molecule has 0 aliphatic carbocycles. The van der Waals surface area contributed by atoms with E-state index in [1.807, 2.05) is 18.2 Å². The van der Waals surface area contributed by atoms with Crippen LogP contribution in [0, 0.1) is 0 Å². The summed E-state index contributed by atoms with van der Waals surface area (Å²) >= 11 is 0. The quantitative estimate of drug-likeness (QED) is 0.838. The molecule has 1 aliphatic rings. The summed E-state index contributed by atoms with van der Waals surface area (Å²) in [4.78, 5) is 13.9. The zero-order valence-corrected chi connectivity index (χ0v) is 13.2. The van der Waals surface area contributed by atoms with Crippen LogP contribution in [0.2, 0.25) is 0 Å². The standard InChI is InChI=1S/C16H19N3O4/c1-21-12-6-5-11(9-13(12)22-2)10-14-17-18-15(23-14)16(20)19-7-3-4-8-19/h5-6,9H,3-4,7-8,10H2,1-2H3. The van der Waals surface area contributed by atoms with E-state index in [4.69, 9.17) is 13.9 Å². The third-order valence-electron chi connectivity index (χ3n) is 3.85. The number of methoxy groups -OCH3 is 2. The van der Waals surface area contributed by atoms with Gasteiger partial charge in [-0.1, -0.05) is 6.07 Å². The van der Waals surface area contributed by atoms with E-state index in [9.17, 15) is 4.79 Å². The second kappa shape index (κ2) is 6.68. The van der Waals surface area contributed by atoms with E-state index in [2.05, 4.69) is 10.2 Å². The predicted octanol–water partition coefficient (Wildman–Crippen LogP) is 1.91.